The molecule has 0 spiro atoms. The molecule has 0 amide bonds. The lowest BCUT2D eigenvalue weighted by atomic mass is 9.81. The van der Waals surface area contributed by atoms with Crippen LogP contribution in [0.2, 0.25) is 0 Å². The number of nitrogens with zero attached hydrogens (tertiary/aromatic N) is 2. The average molecular weight is 281 g/mol. The van der Waals surface area contributed by atoms with E-state index in [4.69, 9.17) is 4.74 Å². The van der Waals surface area contributed by atoms with Crippen molar-refractivity contribution in [1.82, 2.24) is 15.1 Å². The molecule has 1 atom stereocenters. The van der Waals surface area contributed by atoms with Gasteiger partial charge in [0.1, 0.15) is 0 Å². The van der Waals surface area contributed by atoms with Crippen molar-refractivity contribution in [2.45, 2.75) is 25.7 Å². The van der Waals surface area contributed by atoms with Crippen molar-refractivity contribution in [3.05, 3.63) is 0 Å². The Morgan fingerprint density at radius 1 is 1.15 bits per heavy atom. The molecule has 116 valence electrons. The van der Waals surface area contributed by atoms with Gasteiger partial charge in [-0.2, -0.15) is 0 Å². The van der Waals surface area contributed by atoms with E-state index >= 15 is 0 Å². The first-order valence-electron chi connectivity index (χ1n) is 8.47. The Morgan fingerprint density at radius 3 is 2.50 bits per heavy atom. The van der Waals surface area contributed by atoms with Crippen molar-refractivity contribution in [2.24, 2.45) is 11.3 Å². The third kappa shape index (κ3) is 3.94. The first-order valence-corrected chi connectivity index (χ1v) is 8.47. The van der Waals surface area contributed by atoms with Gasteiger partial charge < -0.3 is 19.9 Å². The van der Waals surface area contributed by atoms with Gasteiger partial charge in [0, 0.05) is 57.8 Å². The lowest BCUT2D eigenvalue weighted by Crippen LogP contribution is -2.54. The molecular formula is C16H31N3O. The van der Waals surface area contributed by atoms with Gasteiger partial charge in [-0.15, -0.1) is 0 Å². The second-order valence-corrected chi connectivity index (χ2v) is 7.21. The molecule has 3 fully saturated rings. The zero-order valence-electron chi connectivity index (χ0n) is 13.1. The van der Waals surface area contributed by atoms with Gasteiger partial charge >= 0.3 is 0 Å². The van der Waals surface area contributed by atoms with E-state index in [1.54, 1.807) is 0 Å². The highest BCUT2D eigenvalue weighted by molar-refractivity contribution is 4.89. The van der Waals surface area contributed by atoms with Crippen LogP contribution in [0.5, 0.6) is 0 Å². The van der Waals surface area contributed by atoms with Crippen LogP contribution >= 0.6 is 0 Å². The van der Waals surface area contributed by atoms with E-state index in [-0.39, 0.29) is 0 Å². The first-order chi connectivity index (χ1) is 9.80. The Balaban J connectivity index is 1.46. The fourth-order valence-corrected chi connectivity index (χ4v) is 3.87. The maximum Gasteiger partial charge on any atom is 0.0546 e. The minimum Gasteiger partial charge on any atom is -0.381 e. The van der Waals surface area contributed by atoms with E-state index in [1.807, 2.05) is 0 Å². The predicted molar refractivity (Wildman–Crippen MR) is 82.0 cm³/mol. The summed E-state index contributed by atoms with van der Waals surface area (Å²) in [5.41, 5.74) is 0.353. The van der Waals surface area contributed by atoms with Crippen molar-refractivity contribution in [1.29, 1.82) is 0 Å². The van der Waals surface area contributed by atoms with Gasteiger partial charge in [-0.1, -0.05) is 0 Å². The normalized spacial score (nSPS) is 33.5. The second kappa shape index (κ2) is 6.73. The van der Waals surface area contributed by atoms with Gasteiger partial charge in [0.15, 0.2) is 0 Å². The van der Waals surface area contributed by atoms with Crippen LogP contribution in [0.15, 0.2) is 0 Å². The summed E-state index contributed by atoms with van der Waals surface area (Å²) < 4.78 is 5.78. The minimum atomic E-state index is 0.353. The van der Waals surface area contributed by atoms with Gasteiger partial charge in [-0.25, -0.2) is 0 Å². The molecule has 2 saturated heterocycles. The van der Waals surface area contributed by atoms with E-state index in [0.717, 1.165) is 25.7 Å². The largest absolute Gasteiger partial charge is 0.381 e. The van der Waals surface area contributed by atoms with Crippen LogP contribution < -0.4 is 5.32 Å². The summed E-state index contributed by atoms with van der Waals surface area (Å²) >= 11 is 0. The fourth-order valence-electron chi connectivity index (χ4n) is 3.87. The smallest absolute Gasteiger partial charge is 0.0546 e. The third-order valence-electron chi connectivity index (χ3n) is 5.19. The van der Waals surface area contributed by atoms with Crippen molar-refractivity contribution in [3.8, 4) is 0 Å². The molecule has 4 nitrogen and oxygen atoms in total. The number of hydrogen-bond donors (Lipinski definition) is 1. The fraction of sp³-hybridized carbons (Fsp3) is 1.00. The average Bonchev–Trinajstić information content (AvgIpc) is 3.26. The zero-order valence-corrected chi connectivity index (χ0v) is 13.1. The van der Waals surface area contributed by atoms with Crippen molar-refractivity contribution in [3.63, 3.8) is 0 Å². The molecule has 2 heterocycles. The highest BCUT2D eigenvalue weighted by atomic mass is 16.5. The summed E-state index contributed by atoms with van der Waals surface area (Å²) in [6, 6.07) is 0. The van der Waals surface area contributed by atoms with Crippen LogP contribution in [-0.2, 0) is 4.74 Å². The first kappa shape index (κ1) is 14.8. The van der Waals surface area contributed by atoms with Gasteiger partial charge in [0.05, 0.1) is 6.61 Å². The summed E-state index contributed by atoms with van der Waals surface area (Å²) in [6.07, 6.45) is 5.49. The monoisotopic (exact) mass is 281 g/mol. The molecule has 0 aromatic carbocycles. The lowest BCUT2D eigenvalue weighted by Gasteiger charge is -2.43. The Kier molecular flexibility index (Phi) is 4.97. The highest BCUT2D eigenvalue weighted by Gasteiger charge is 2.35. The number of rotatable bonds is 6. The van der Waals surface area contributed by atoms with Gasteiger partial charge in [-0.3, -0.25) is 0 Å². The van der Waals surface area contributed by atoms with Crippen LogP contribution in [0.1, 0.15) is 25.7 Å². The minimum absolute atomic E-state index is 0.353. The van der Waals surface area contributed by atoms with Crippen molar-refractivity contribution in [2.75, 3.05) is 66.1 Å². The Labute approximate surface area is 123 Å². The third-order valence-corrected chi connectivity index (χ3v) is 5.19. The number of piperazine rings is 1. The summed E-state index contributed by atoms with van der Waals surface area (Å²) in [7, 11) is 2.07. The van der Waals surface area contributed by atoms with Crippen LogP contribution in [-0.4, -0.2) is 75.9 Å². The van der Waals surface area contributed by atoms with Crippen LogP contribution in [0.25, 0.3) is 0 Å². The molecule has 0 aromatic rings. The van der Waals surface area contributed by atoms with Crippen molar-refractivity contribution >= 4 is 0 Å². The highest BCUT2D eigenvalue weighted by Crippen LogP contribution is 2.31. The lowest BCUT2D eigenvalue weighted by molar-refractivity contribution is -0.0321. The summed E-state index contributed by atoms with van der Waals surface area (Å²) in [5.74, 6) is 1.03. The topological polar surface area (TPSA) is 27.7 Å². The van der Waals surface area contributed by atoms with Gasteiger partial charge in [0.25, 0.3) is 0 Å². The number of ether oxygens (including phenoxy) is 1. The summed E-state index contributed by atoms with van der Waals surface area (Å²) in [6.45, 7) is 10.6. The second-order valence-electron chi connectivity index (χ2n) is 7.21. The van der Waals surface area contributed by atoms with Crippen LogP contribution in [0.3, 0.4) is 0 Å². The molecule has 3 rings (SSSR count). The summed E-state index contributed by atoms with van der Waals surface area (Å²) in [4.78, 5) is 5.35. The van der Waals surface area contributed by atoms with E-state index in [9.17, 15) is 0 Å². The van der Waals surface area contributed by atoms with Crippen LogP contribution in [0.4, 0.5) is 0 Å². The maximum atomic E-state index is 5.78. The quantitative estimate of drug-likeness (QED) is 0.787. The molecule has 2 aliphatic heterocycles. The molecule has 0 radical (unpaired) electrons. The number of hydrogen-bond acceptors (Lipinski definition) is 4. The van der Waals surface area contributed by atoms with E-state index in [1.165, 1.54) is 65.0 Å². The van der Waals surface area contributed by atoms with Gasteiger partial charge in [0.2, 0.25) is 0 Å². The maximum absolute atomic E-state index is 5.78. The van der Waals surface area contributed by atoms with Crippen LogP contribution in [0, 0.1) is 11.3 Å². The van der Waals surface area contributed by atoms with Crippen molar-refractivity contribution < 1.29 is 4.74 Å². The Morgan fingerprint density at radius 2 is 1.90 bits per heavy atom. The number of nitrogens with one attached hydrogen (secondary N) is 1. The SMILES string of the molecule is CNCC1(CN2CCN(CC3CC3)CC2)CCCOC1. The molecule has 3 aliphatic rings. The molecule has 1 saturated carbocycles. The molecule has 20 heavy (non-hydrogen) atoms. The van der Waals surface area contributed by atoms with E-state index in [0.29, 0.717) is 5.41 Å². The molecule has 0 bridgehead atoms. The Bertz CT molecular complexity index is 287. The molecule has 1 unspecified atom stereocenters. The molecule has 4 heteroatoms. The van der Waals surface area contributed by atoms with E-state index in [2.05, 4.69) is 22.2 Å². The Hall–Kier alpha value is -0.160. The molecular weight excluding hydrogens is 250 g/mol. The van der Waals surface area contributed by atoms with Gasteiger partial charge in [-0.05, 0) is 38.6 Å². The summed E-state index contributed by atoms with van der Waals surface area (Å²) in [5, 5.41) is 3.39. The zero-order chi connectivity index (χ0) is 13.8. The standard InChI is InChI=1S/C16H31N3O/c1-17-12-16(5-2-10-20-14-16)13-19-8-6-18(7-9-19)11-15-3-4-15/h15,17H,2-14H2,1H3. The predicted octanol–water partition coefficient (Wildman–Crippen LogP) is 1.03. The molecule has 1 N–H and O–H groups in total. The van der Waals surface area contributed by atoms with E-state index < -0.39 is 0 Å². The molecule has 1 aliphatic carbocycles. The molecule has 0 aromatic heterocycles.